The number of fused-ring (bicyclic) bond motifs is 1. The largest absolute Gasteiger partial charge is 0.354 e. The second-order valence-electron chi connectivity index (χ2n) is 6.13. The average molecular weight is 354 g/mol. The predicted octanol–water partition coefficient (Wildman–Crippen LogP) is 3.18. The molecule has 0 radical (unpaired) electrons. The van der Waals surface area contributed by atoms with Gasteiger partial charge in [-0.25, -0.2) is 0 Å². The molecule has 1 heterocycles. The molecular formula is C20H22N2O2S. The normalized spacial score (nSPS) is 14.0. The molecule has 2 aromatic rings. The Balaban J connectivity index is 1.58. The van der Waals surface area contributed by atoms with E-state index in [4.69, 9.17) is 0 Å². The van der Waals surface area contributed by atoms with Crippen LogP contribution >= 0.6 is 11.8 Å². The van der Waals surface area contributed by atoms with E-state index in [1.54, 1.807) is 16.7 Å². The fraction of sp³-hybridized carbons (Fsp3) is 0.300. The Labute approximate surface area is 152 Å². The van der Waals surface area contributed by atoms with Crippen LogP contribution in [0.25, 0.3) is 0 Å². The number of para-hydroxylation sites is 1. The van der Waals surface area contributed by atoms with Gasteiger partial charge in [0.15, 0.2) is 0 Å². The molecule has 0 saturated carbocycles. The highest BCUT2D eigenvalue weighted by Gasteiger charge is 2.24. The van der Waals surface area contributed by atoms with Crippen LogP contribution in [0, 0.1) is 6.92 Å². The maximum atomic E-state index is 12.4. The second-order valence-corrected chi connectivity index (χ2v) is 7.27. The lowest BCUT2D eigenvalue weighted by Crippen LogP contribution is -2.41. The van der Waals surface area contributed by atoms with E-state index in [1.165, 1.54) is 11.1 Å². The minimum Gasteiger partial charge on any atom is -0.354 e. The molecule has 2 amide bonds. The van der Waals surface area contributed by atoms with Crippen molar-refractivity contribution in [2.45, 2.75) is 24.7 Å². The Hall–Kier alpha value is -2.27. The summed E-state index contributed by atoms with van der Waals surface area (Å²) >= 11 is 1.67. The van der Waals surface area contributed by atoms with E-state index in [-0.39, 0.29) is 18.4 Å². The Kier molecular flexibility index (Phi) is 5.76. The Morgan fingerprint density at radius 1 is 1.16 bits per heavy atom. The van der Waals surface area contributed by atoms with Crippen molar-refractivity contribution in [3.63, 3.8) is 0 Å². The average Bonchev–Trinajstić information content (AvgIpc) is 2.76. The minimum atomic E-state index is -0.123. The second kappa shape index (κ2) is 8.21. The number of hydrogen-bond donors (Lipinski definition) is 1. The van der Waals surface area contributed by atoms with Crippen LogP contribution in [-0.2, 0) is 16.0 Å². The van der Waals surface area contributed by atoms with Gasteiger partial charge in [-0.05, 0) is 31.0 Å². The molecule has 0 aromatic heterocycles. The summed E-state index contributed by atoms with van der Waals surface area (Å²) in [6.45, 7) is 2.70. The molecule has 0 unspecified atom stereocenters. The summed E-state index contributed by atoms with van der Waals surface area (Å²) in [5.41, 5.74) is 3.26. The first kappa shape index (κ1) is 17.5. The van der Waals surface area contributed by atoms with Crippen molar-refractivity contribution >= 4 is 29.3 Å². The zero-order chi connectivity index (χ0) is 17.6. The molecule has 0 fully saturated rings. The lowest BCUT2D eigenvalue weighted by molar-refractivity contribution is -0.123. The molecule has 4 nitrogen and oxygen atoms in total. The first-order valence-corrected chi connectivity index (χ1v) is 9.46. The number of carbonyl (C=O) groups excluding carboxylic acids is 2. The number of nitrogens with zero attached hydrogens (tertiary/aromatic N) is 1. The van der Waals surface area contributed by atoms with Gasteiger partial charge in [-0.15, -0.1) is 11.8 Å². The van der Waals surface area contributed by atoms with Gasteiger partial charge in [0.25, 0.3) is 0 Å². The number of anilines is 1. The Morgan fingerprint density at radius 3 is 2.72 bits per heavy atom. The van der Waals surface area contributed by atoms with Crippen LogP contribution < -0.4 is 10.2 Å². The molecule has 0 atom stereocenters. The smallest absolute Gasteiger partial charge is 0.240 e. The van der Waals surface area contributed by atoms with E-state index in [1.807, 2.05) is 24.3 Å². The third-order valence-electron chi connectivity index (χ3n) is 4.19. The highest BCUT2D eigenvalue weighted by molar-refractivity contribution is 7.99. The Morgan fingerprint density at radius 2 is 1.92 bits per heavy atom. The van der Waals surface area contributed by atoms with Gasteiger partial charge in [-0.3, -0.25) is 9.59 Å². The van der Waals surface area contributed by atoms with Crippen LogP contribution in [0.2, 0.25) is 0 Å². The van der Waals surface area contributed by atoms with Crippen molar-refractivity contribution in [2.24, 2.45) is 0 Å². The summed E-state index contributed by atoms with van der Waals surface area (Å²) in [6, 6.07) is 16.1. The van der Waals surface area contributed by atoms with Gasteiger partial charge >= 0.3 is 0 Å². The van der Waals surface area contributed by atoms with Gasteiger partial charge in [0.2, 0.25) is 11.8 Å². The minimum absolute atomic E-state index is 0.00568. The quantitative estimate of drug-likeness (QED) is 0.897. The molecule has 1 aliphatic rings. The first-order valence-electron chi connectivity index (χ1n) is 8.48. The van der Waals surface area contributed by atoms with Crippen LogP contribution in [0.3, 0.4) is 0 Å². The molecule has 130 valence electrons. The third kappa shape index (κ3) is 4.63. The van der Waals surface area contributed by atoms with Gasteiger partial charge in [0, 0.05) is 23.6 Å². The number of thioether (sulfide) groups is 1. The standard InChI is InChI=1S/C20H22N2O2S/c1-15-6-8-16(9-7-15)10-12-21-19(23)14-22-17-4-2-3-5-18(17)25-13-11-20(22)24/h2-9H,10-14H2,1H3,(H,21,23). The maximum Gasteiger partial charge on any atom is 0.240 e. The maximum absolute atomic E-state index is 12.4. The predicted molar refractivity (Wildman–Crippen MR) is 102 cm³/mol. The third-order valence-corrected chi connectivity index (χ3v) is 5.25. The van der Waals surface area contributed by atoms with Gasteiger partial charge in [-0.1, -0.05) is 42.0 Å². The summed E-state index contributed by atoms with van der Waals surface area (Å²) in [4.78, 5) is 27.3. The van der Waals surface area contributed by atoms with E-state index in [2.05, 4.69) is 36.5 Å². The molecule has 2 aromatic carbocycles. The number of amides is 2. The zero-order valence-corrected chi connectivity index (χ0v) is 15.1. The van der Waals surface area contributed by atoms with E-state index in [0.29, 0.717) is 13.0 Å². The first-order chi connectivity index (χ1) is 12.1. The number of benzene rings is 2. The molecular weight excluding hydrogens is 332 g/mol. The highest BCUT2D eigenvalue weighted by atomic mass is 32.2. The molecule has 0 bridgehead atoms. The van der Waals surface area contributed by atoms with Gasteiger partial charge in [-0.2, -0.15) is 0 Å². The lowest BCUT2D eigenvalue weighted by Gasteiger charge is -2.22. The van der Waals surface area contributed by atoms with E-state index in [9.17, 15) is 9.59 Å². The number of nitrogens with one attached hydrogen (secondary N) is 1. The molecule has 1 N–H and O–H groups in total. The van der Waals surface area contributed by atoms with Gasteiger partial charge in [0.1, 0.15) is 6.54 Å². The summed E-state index contributed by atoms with van der Waals surface area (Å²) in [5.74, 6) is 0.634. The fourth-order valence-electron chi connectivity index (χ4n) is 2.79. The van der Waals surface area contributed by atoms with E-state index < -0.39 is 0 Å². The van der Waals surface area contributed by atoms with Crippen LogP contribution in [0.15, 0.2) is 53.4 Å². The van der Waals surface area contributed by atoms with Crippen molar-refractivity contribution in [1.29, 1.82) is 0 Å². The molecule has 0 saturated heterocycles. The van der Waals surface area contributed by atoms with E-state index in [0.717, 1.165) is 22.8 Å². The van der Waals surface area contributed by atoms with Crippen LogP contribution in [-0.4, -0.2) is 30.7 Å². The molecule has 5 heteroatoms. The summed E-state index contributed by atoms with van der Waals surface area (Å²) < 4.78 is 0. The highest BCUT2D eigenvalue weighted by Crippen LogP contribution is 2.33. The van der Waals surface area contributed by atoms with Crippen LogP contribution in [0.4, 0.5) is 5.69 Å². The van der Waals surface area contributed by atoms with Crippen molar-refractivity contribution in [3.8, 4) is 0 Å². The van der Waals surface area contributed by atoms with Crippen molar-refractivity contribution < 1.29 is 9.59 Å². The molecule has 0 aliphatic carbocycles. The number of aryl methyl sites for hydroxylation is 1. The number of carbonyl (C=O) groups is 2. The van der Waals surface area contributed by atoms with Crippen molar-refractivity contribution in [2.75, 3.05) is 23.7 Å². The topological polar surface area (TPSA) is 49.4 Å². The summed E-state index contributed by atoms with van der Waals surface area (Å²) in [7, 11) is 0. The molecule has 25 heavy (non-hydrogen) atoms. The zero-order valence-electron chi connectivity index (χ0n) is 14.3. The molecule has 0 spiro atoms. The van der Waals surface area contributed by atoms with Gasteiger partial charge < -0.3 is 10.2 Å². The number of rotatable bonds is 5. The SMILES string of the molecule is Cc1ccc(CCNC(=O)CN2C(=O)CCSc3ccccc32)cc1. The molecule has 3 rings (SSSR count). The van der Waals surface area contributed by atoms with Crippen molar-refractivity contribution in [3.05, 3.63) is 59.7 Å². The van der Waals surface area contributed by atoms with Crippen LogP contribution in [0.5, 0.6) is 0 Å². The number of hydrogen-bond acceptors (Lipinski definition) is 3. The monoisotopic (exact) mass is 354 g/mol. The van der Waals surface area contributed by atoms with Gasteiger partial charge in [0.05, 0.1) is 5.69 Å². The summed E-state index contributed by atoms with van der Waals surface area (Å²) in [5, 5.41) is 2.93. The Bertz CT molecular complexity index is 759. The van der Waals surface area contributed by atoms with Crippen LogP contribution in [0.1, 0.15) is 17.5 Å². The lowest BCUT2D eigenvalue weighted by atomic mass is 10.1. The summed E-state index contributed by atoms with van der Waals surface area (Å²) in [6.07, 6.45) is 1.24. The fourth-order valence-corrected chi connectivity index (χ4v) is 3.79. The van der Waals surface area contributed by atoms with E-state index >= 15 is 0 Å². The molecule has 1 aliphatic heterocycles. The van der Waals surface area contributed by atoms with Crippen molar-refractivity contribution in [1.82, 2.24) is 5.32 Å².